The van der Waals surface area contributed by atoms with Gasteiger partial charge in [0.15, 0.2) is 0 Å². The summed E-state index contributed by atoms with van der Waals surface area (Å²) < 4.78 is 5.64. The number of carbonyl (C=O) groups is 4. The SMILES string of the molecule is CNCCC[C@H](N)C(=O)O.CNCCC[C@H](NC(=O)[C@H](Cc1ccccc1)NC(=O)OCC1c2ccccc2-c2ccccc21)C(=O)O. The number of hydrogen-bond donors (Lipinski definition) is 7. The van der Waals surface area contributed by atoms with Gasteiger partial charge in [-0.15, -0.1) is 0 Å². The lowest BCUT2D eigenvalue weighted by Gasteiger charge is -2.22. The first kappa shape index (κ1) is 37.7. The van der Waals surface area contributed by atoms with Crippen LogP contribution in [0.2, 0.25) is 0 Å². The van der Waals surface area contributed by atoms with Gasteiger partial charge in [0.25, 0.3) is 0 Å². The standard InChI is InChI=1S/C30H33N3O5.C6H14N2O2/c1-31-17-9-16-26(29(35)36)32-28(34)27(18-20-10-3-2-4-11-20)33-30(37)38-19-25-23-14-7-5-12-21(23)22-13-6-8-15-24(22)25;1-8-4-2-3-5(7)6(9)10/h2-8,10-15,25-27,31H,9,16-19H2,1H3,(H,32,34)(H,33,37)(H,35,36);5,8H,2-4,7H2,1H3,(H,9,10)/t26-,27-;5-/m00/s1. The Morgan fingerprint density at radius 2 is 1.27 bits per heavy atom. The van der Waals surface area contributed by atoms with Crippen LogP contribution in [-0.4, -0.2) is 86.1 Å². The lowest BCUT2D eigenvalue weighted by Crippen LogP contribution is -2.52. The van der Waals surface area contributed by atoms with Gasteiger partial charge in [0.2, 0.25) is 5.91 Å². The zero-order chi connectivity index (χ0) is 34.9. The molecule has 0 radical (unpaired) electrons. The van der Waals surface area contributed by atoms with Crippen LogP contribution < -0.4 is 27.0 Å². The second kappa shape index (κ2) is 19.8. The molecule has 0 spiro atoms. The van der Waals surface area contributed by atoms with Crippen LogP contribution in [0, 0.1) is 0 Å². The third kappa shape index (κ3) is 11.5. The van der Waals surface area contributed by atoms with Gasteiger partial charge in [-0.2, -0.15) is 0 Å². The van der Waals surface area contributed by atoms with Crippen molar-refractivity contribution in [2.75, 3.05) is 33.8 Å². The highest BCUT2D eigenvalue weighted by molar-refractivity contribution is 5.89. The number of carboxylic acids is 2. The second-order valence-electron chi connectivity index (χ2n) is 11.5. The maximum absolute atomic E-state index is 13.2. The van der Waals surface area contributed by atoms with Crippen molar-refractivity contribution in [2.24, 2.45) is 5.73 Å². The molecular weight excluding hydrogens is 614 g/mol. The number of hydrogen-bond acceptors (Lipinski definition) is 8. The van der Waals surface area contributed by atoms with Gasteiger partial charge >= 0.3 is 18.0 Å². The van der Waals surface area contributed by atoms with Crippen molar-refractivity contribution in [3.63, 3.8) is 0 Å². The van der Waals surface area contributed by atoms with E-state index in [9.17, 15) is 24.3 Å². The molecule has 3 atom stereocenters. The number of benzene rings is 3. The fourth-order valence-corrected chi connectivity index (χ4v) is 5.48. The molecular formula is C36H47N5O7. The van der Waals surface area contributed by atoms with Gasteiger partial charge in [-0.1, -0.05) is 78.9 Å². The van der Waals surface area contributed by atoms with E-state index in [4.69, 9.17) is 15.6 Å². The van der Waals surface area contributed by atoms with Crippen LogP contribution in [-0.2, 0) is 25.5 Å². The molecule has 3 aromatic carbocycles. The van der Waals surface area contributed by atoms with E-state index in [1.54, 1.807) is 7.05 Å². The molecule has 1 aliphatic rings. The van der Waals surface area contributed by atoms with E-state index in [1.165, 1.54) is 0 Å². The van der Waals surface area contributed by atoms with Crippen molar-refractivity contribution in [1.82, 2.24) is 21.3 Å². The number of amides is 2. The summed E-state index contributed by atoms with van der Waals surface area (Å²) in [5.74, 6) is -2.72. The summed E-state index contributed by atoms with van der Waals surface area (Å²) in [6, 6.07) is 22.6. The smallest absolute Gasteiger partial charge is 0.407 e. The van der Waals surface area contributed by atoms with Crippen molar-refractivity contribution in [3.8, 4) is 11.1 Å². The summed E-state index contributed by atoms with van der Waals surface area (Å²) in [5.41, 5.74) is 10.5. The molecule has 258 valence electrons. The summed E-state index contributed by atoms with van der Waals surface area (Å²) in [6.45, 7) is 1.56. The van der Waals surface area contributed by atoms with Gasteiger partial charge in [-0.05, 0) is 80.7 Å². The minimum Gasteiger partial charge on any atom is -0.480 e. The fourth-order valence-electron chi connectivity index (χ4n) is 5.48. The Bertz CT molecular complexity index is 1440. The van der Waals surface area contributed by atoms with Gasteiger partial charge in [0.05, 0.1) is 0 Å². The molecule has 48 heavy (non-hydrogen) atoms. The normalized spacial score (nSPS) is 13.5. The molecule has 3 aromatic rings. The summed E-state index contributed by atoms with van der Waals surface area (Å²) >= 11 is 0. The van der Waals surface area contributed by atoms with Crippen molar-refractivity contribution >= 4 is 23.9 Å². The molecule has 0 fully saturated rings. The summed E-state index contributed by atoms with van der Waals surface area (Å²) in [5, 5.41) is 29.1. The molecule has 12 heteroatoms. The number of nitrogens with one attached hydrogen (secondary N) is 4. The highest BCUT2D eigenvalue weighted by Crippen LogP contribution is 2.44. The first-order chi connectivity index (χ1) is 23.2. The Kier molecular flexibility index (Phi) is 15.5. The number of carboxylic acid groups (broad SMARTS) is 2. The number of ether oxygens (including phenoxy) is 1. The van der Waals surface area contributed by atoms with Crippen molar-refractivity contribution in [2.45, 2.75) is 56.1 Å². The Morgan fingerprint density at radius 1 is 0.729 bits per heavy atom. The third-order valence-electron chi connectivity index (χ3n) is 8.03. The lowest BCUT2D eigenvalue weighted by atomic mass is 9.98. The highest BCUT2D eigenvalue weighted by atomic mass is 16.5. The maximum Gasteiger partial charge on any atom is 0.407 e. The van der Waals surface area contributed by atoms with Crippen molar-refractivity contribution in [3.05, 3.63) is 95.6 Å². The fraction of sp³-hybridized carbons (Fsp3) is 0.389. The summed E-state index contributed by atoms with van der Waals surface area (Å²) in [7, 11) is 3.61. The van der Waals surface area contributed by atoms with E-state index in [0.717, 1.165) is 40.8 Å². The third-order valence-corrected chi connectivity index (χ3v) is 8.03. The predicted molar refractivity (Wildman–Crippen MR) is 184 cm³/mol. The van der Waals surface area contributed by atoms with Gasteiger partial charge in [0, 0.05) is 12.3 Å². The molecule has 8 N–H and O–H groups in total. The molecule has 0 saturated carbocycles. The van der Waals surface area contributed by atoms with E-state index >= 15 is 0 Å². The van der Waals surface area contributed by atoms with Gasteiger partial charge < -0.3 is 42.0 Å². The van der Waals surface area contributed by atoms with Crippen LogP contribution >= 0.6 is 0 Å². The Balaban J connectivity index is 0.000000542. The lowest BCUT2D eigenvalue weighted by molar-refractivity contribution is -0.142. The number of carbonyl (C=O) groups excluding carboxylic acids is 2. The summed E-state index contributed by atoms with van der Waals surface area (Å²) in [6.07, 6.45) is 1.66. The number of alkyl carbamates (subject to hydrolysis) is 1. The van der Waals surface area contributed by atoms with Crippen LogP contribution in [0.15, 0.2) is 78.9 Å². The second-order valence-corrected chi connectivity index (χ2v) is 11.5. The topological polar surface area (TPSA) is 192 Å². The Hall–Kier alpha value is -4.78. The minimum absolute atomic E-state index is 0.112. The predicted octanol–water partition coefficient (Wildman–Crippen LogP) is 3.10. The zero-order valence-corrected chi connectivity index (χ0v) is 27.5. The van der Waals surface area contributed by atoms with Crippen molar-refractivity contribution < 1.29 is 34.1 Å². The molecule has 0 heterocycles. The van der Waals surface area contributed by atoms with Gasteiger partial charge in [-0.25, -0.2) is 9.59 Å². The Morgan fingerprint density at radius 3 is 1.81 bits per heavy atom. The van der Waals surface area contributed by atoms with Crippen molar-refractivity contribution in [1.29, 1.82) is 0 Å². The molecule has 0 bridgehead atoms. The van der Waals surface area contributed by atoms with E-state index < -0.39 is 42.1 Å². The molecule has 2 amide bonds. The average Bonchev–Trinajstić information content (AvgIpc) is 3.40. The molecule has 0 saturated heterocycles. The van der Waals surface area contributed by atoms with Crippen LogP contribution in [0.4, 0.5) is 4.79 Å². The molecule has 12 nitrogen and oxygen atoms in total. The zero-order valence-electron chi connectivity index (χ0n) is 27.5. The molecule has 4 rings (SSSR count). The average molecular weight is 662 g/mol. The van der Waals surface area contributed by atoms with Crippen LogP contribution in [0.1, 0.15) is 48.3 Å². The van der Waals surface area contributed by atoms with Crippen LogP contribution in [0.3, 0.4) is 0 Å². The van der Waals surface area contributed by atoms with E-state index in [0.29, 0.717) is 19.4 Å². The largest absolute Gasteiger partial charge is 0.480 e. The molecule has 0 aromatic heterocycles. The summed E-state index contributed by atoms with van der Waals surface area (Å²) in [4.78, 5) is 48.0. The number of aliphatic carboxylic acids is 2. The monoisotopic (exact) mass is 661 g/mol. The Labute approximate surface area is 281 Å². The number of fused-ring (bicyclic) bond motifs is 3. The van der Waals surface area contributed by atoms with E-state index in [-0.39, 0.29) is 25.4 Å². The van der Waals surface area contributed by atoms with Gasteiger partial charge in [-0.3, -0.25) is 9.59 Å². The highest BCUT2D eigenvalue weighted by Gasteiger charge is 2.31. The molecule has 1 aliphatic carbocycles. The van der Waals surface area contributed by atoms with Crippen LogP contribution in [0.5, 0.6) is 0 Å². The first-order valence-electron chi connectivity index (χ1n) is 16.1. The molecule has 0 unspecified atom stereocenters. The van der Waals surface area contributed by atoms with Gasteiger partial charge in [0.1, 0.15) is 24.7 Å². The maximum atomic E-state index is 13.2. The van der Waals surface area contributed by atoms with E-state index in [2.05, 4.69) is 33.4 Å². The first-order valence-corrected chi connectivity index (χ1v) is 16.1. The minimum atomic E-state index is -1.12. The quantitative estimate of drug-likeness (QED) is 0.106. The van der Waals surface area contributed by atoms with Crippen LogP contribution in [0.25, 0.3) is 11.1 Å². The van der Waals surface area contributed by atoms with E-state index in [1.807, 2.05) is 73.8 Å². The number of nitrogens with two attached hydrogens (primary N) is 1. The number of rotatable bonds is 17. The molecule has 0 aliphatic heterocycles.